The zero-order valence-electron chi connectivity index (χ0n) is 24.5. The Kier molecular flexibility index (Phi) is 8.22. The summed E-state index contributed by atoms with van der Waals surface area (Å²) < 4.78 is 24.1. The van der Waals surface area contributed by atoms with Crippen LogP contribution in [0, 0.1) is 6.92 Å². The Bertz CT molecular complexity index is 2110. The number of ether oxygens (including phenoxy) is 3. The summed E-state index contributed by atoms with van der Waals surface area (Å²) in [5.74, 6) is 1.05. The Morgan fingerprint density at radius 2 is 1.73 bits per heavy atom. The normalized spacial score (nSPS) is 11.3. The summed E-state index contributed by atoms with van der Waals surface area (Å²) in [7, 11) is 2.94. The Morgan fingerprint density at radius 1 is 1.00 bits per heavy atom. The molecular formula is C34H27ClN4O6. The molecule has 0 unspecified atom stereocenters. The second-order valence-corrected chi connectivity index (χ2v) is 10.5. The monoisotopic (exact) mass is 622 g/mol. The highest BCUT2D eigenvalue weighted by Crippen LogP contribution is 2.38. The van der Waals surface area contributed by atoms with Crippen LogP contribution in [0.15, 0.2) is 99.2 Å². The standard InChI is InChI=1S/C34H27ClN4O6/c1-20-8-11-24(12-9-20)37-31(40)19-44-32-28(42-2)14-21(15-29(32)43-3)18-36-39-33(38-26-7-5-4-6-25(26)34(39)41)30-17-22-16-23(35)10-13-27(22)45-30/h4-18H,19H2,1-3H3,(H,37,40). The lowest BCUT2D eigenvalue weighted by molar-refractivity contribution is -0.118. The number of hydrogen-bond donors (Lipinski definition) is 1. The van der Waals surface area contributed by atoms with Gasteiger partial charge in [0.1, 0.15) is 5.58 Å². The minimum Gasteiger partial charge on any atom is -0.493 e. The van der Waals surface area contributed by atoms with Gasteiger partial charge in [0, 0.05) is 21.7 Å². The van der Waals surface area contributed by atoms with Crippen molar-refractivity contribution in [3.05, 3.63) is 111 Å². The van der Waals surface area contributed by atoms with Crippen LogP contribution in [0.4, 0.5) is 5.69 Å². The fraction of sp³-hybridized carbons (Fsp3) is 0.118. The van der Waals surface area contributed by atoms with Crippen molar-refractivity contribution in [2.75, 3.05) is 26.1 Å². The quantitative estimate of drug-likeness (QED) is 0.179. The van der Waals surface area contributed by atoms with Crippen molar-refractivity contribution in [2.24, 2.45) is 5.10 Å². The number of hydrogen-bond acceptors (Lipinski definition) is 8. The summed E-state index contributed by atoms with van der Waals surface area (Å²) in [5.41, 5.74) is 2.97. The lowest BCUT2D eigenvalue weighted by atomic mass is 10.2. The van der Waals surface area contributed by atoms with Gasteiger partial charge in [0.25, 0.3) is 11.5 Å². The van der Waals surface area contributed by atoms with E-state index >= 15 is 0 Å². The van der Waals surface area contributed by atoms with Gasteiger partial charge < -0.3 is 23.9 Å². The number of para-hydroxylation sites is 1. The van der Waals surface area contributed by atoms with Crippen molar-refractivity contribution in [3.8, 4) is 28.8 Å². The van der Waals surface area contributed by atoms with Gasteiger partial charge in [0.05, 0.1) is 31.3 Å². The van der Waals surface area contributed by atoms with Crippen LogP contribution in [0.5, 0.6) is 17.2 Å². The Morgan fingerprint density at radius 3 is 2.47 bits per heavy atom. The number of methoxy groups -OCH3 is 2. The minimum atomic E-state index is -0.385. The number of carbonyl (C=O) groups is 1. The number of nitrogens with one attached hydrogen (secondary N) is 1. The van der Waals surface area contributed by atoms with Gasteiger partial charge in [0.15, 0.2) is 23.9 Å². The van der Waals surface area contributed by atoms with Gasteiger partial charge in [-0.15, -0.1) is 0 Å². The molecule has 11 heteroatoms. The molecule has 2 heterocycles. The lowest BCUT2D eigenvalue weighted by Gasteiger charge is -2.15. The van der Waals surface area contributed by atoms with Crippen LogP contribution >= 0.6 is 11.6 Å². The van der Waals surface area contributed by atoms with Crippen LogP contribution in [0.25, 0.3) is 33.5 Å². The third kappa shape index (κ3) is 6.22. The molecule has 0 fully saturated rings. The maximum Gasteiger partial charge on any atom is 0.282 e. The number of halogens is 1. The van der Waals surface area contributed by atoms with E-state index in [0.717, 1.165) is 10.9 Å². The first kappa shape index (κ1) is 29.5. The van der Waals surface area contributed by atoms with Gasteiger partial charge in [0.2, 0.25) is 11.6 Å². The number of aromatic nitrogens is 2. The number of anilines is 1. The Labute approximate surface area is 262 Å². The fourth-order valence-electron chi connectivity index (χ4n) is 4.73. The predicted molar refractivity (Wildman–Crippen MR) is 174 cm³/mol. The number of rotatable bonds is 9. The third-order valence-corrected chi connectivity index (χ3v) is 7.18. The Hall–Kier alpha value is -5.61. The summed E-state index contributed by atoms with van der Waals surface area (Å²) in [5, 5.41) is 9.01. The molecule has 0 spiro atoms. The molecule has 45 heavy (non-hydrogen) atoms. The number of nitrogens with zero attached hydrogens (tertiary/aromatic N) is 3. The van der Waals surface area contributed by atoms with Gasteiger partial charge in [-0.1, -0.05) is 41.4 Å². The smallest absolute Gasteiger partial charge is 0.282 e. The maximum atomic E-state index is 13.6. The molecule has 1 amide bonds. The second-order valence-electron chi connectivity index (χ2n) is 10.1. The Balaban J connectivity index is 1.33. The topological polar surface area (TPSA) is 117 Å². The van der Waals surface area contributed by atoms with Crippen molar-refractivity contribution in [3.63, 3.8) is 0 Å². The summed E-state index contributed by atoms with van der Waals surface area (Å²) in [6.45, 7) is 1.69. The van der Waals surface area contributed by atoms with E-state index in [1.54, 1.807) is 60.7 Å². The number of carbonyl (C=O) groups excluding carboxylic acids is 1. The van der Waals surface area contributed by atoms with Crippen LogP contribution in [-0.2, 0) is 4.79 Å². The van der Waals surface area contributed by atoms with Crippen molar-refractivity contribution in [1.29, 1.82) is 0 Å². The van der Waals surface area contributed by atoms with Crippen LogP contribution in [0.1, 0.15) is 11.1 Å². The van der Waals surface area contributed by atoms with E-state index in [9.17, 15) is 9.59 Å². The molecule has 0 aliphatic heterocycles. The average Bonchev–Trinajstić information content (AvgIpc) is 3.47. The minimum absolute atomic E-state index is 0.209. The van der Waals surface area contributed by atoms with Gasteiger partial charge in [-0.25, -0.2) is 4.98 Å². The summed E-state index contributed by atoms with van der Waals surface area (Å²) in [4.78, 5) is 30.9. The van der Waals surface area contributed by atoms with E-state index in [1.807, 2.05) is 31.2 Å². The van der Waals surface area contributed by atoms with Crippen LogP contribution in [0.3, 0.4) is 0 Å². The van der Waals surface area contributed by atoms with Crippen molar-refractivity contribution in [2.45, 2.75) is 6.92 Å². The molecule has 2 aromatic heterocycles. The highest BCUT2D eigenvalue weighted by atomic mass is 35.5. The van der Waals surface area contributed by atoms with Crippen molar-refractivity contribution < 1.29 is 23.4 Å². The first-order valence-corrected chi connectivity index (χ1v) is 14.2. The summed E-state index contributed by atoms with van der Waals surface area (Å²) >= 11 is 6.17. The van der Waals surface area contributed by atoms with E-state index in [2.05, 4.69) is 10.4 Å². The number of furan rings is 1. The highest BCUT2D eigenvalue weighted by Gasteiger charge is 2.18. The van der Waals surface area contributed by atoms with Crippen LogP contribution in [0.2, 0.25) is 5.02 Å². The molecular weight excluding hydrogens is 596 g/mol. The summed E-state index contributed by atoms with van der Waals surface area (Å²) in [6.07, 6.45) is 1.47. The van der Waals surface area contributed by atoms with E-state index in [1.165, 1.54) is 25.1 Å². The molecule has 0 aliphatic carbocycles. The number of fused-ring (bicyclic) bond motifs is 2. The first-order chi connectivity index (χ1) is 21.8. The van der Waals surface area contributed by atoms with Crippen LogP contribution < -0.4 is 25.1 Å². The molecule has 6 aromatic rings. The maximum absolute atomic E-state index is 13.6. The molecule has 6 rings (SSSR count). The molecule has 0 saturated heterocycles. The molecule has 10 nitrogen and oxygen atoms in total. The van der Waals surface area contributed by atoms with E-state index < -0.39 is 0 Å². The van der Waals surface area contributed by atoms with Gasteiger partial charge in [-0.05, 0) is 67.6 Å². The zero-order chi connectivity index (χ0) is 31.5. The molecule has 0 radical (unpaired) electrons. The molecule has 226 valence electrons. The third-order valence-electron chi connectivity index (χ3n) is 6.94. The van der Waals surface area contributed by atoms with Crippen molar-refractivity contribution in [1.82, 2.24) is 9.66 Å². The lowest BCUT2D eigenvalue weighted by Crippen LogP contribution is -2.20. The number of amides is 1. The zero-order valence-corrected chi connectivity index (χ0v) is 25.3. The number of aryl methyl sites for hydroxylation is 1. The van der Waals surface area contributed by atoms with E-state index in [4.69, 9.17) is 35.2 Å². The molecule has 0 bridgehead atoms. The van der Waals surface area contributed by atoms with Gasteiger partial charge >= 0.3 is 0 Å². The largest absolute Gasteiger partial charge is 0.493 e. The van der Waals surface area contributed by atoms with Gasteiger partial charge in [-0.2, -0.15) is 9.78 Å². The highest BCUT2D eigenvalue weighted by molar-refractivity contribution is 6.31. The summed E-state index contributed by atoms with van der Waals surface area (Å²) in [6, 6.07) is 24.8. The van der Waals surface area contributed by atoms with E-state index in [-0.39, 0.29) is 29.6 Å². The predicted octanol–water partition coefficient (Wildman–Crippen LogP) is 6.69. The van der Waals surface area contributed by atoms with E-state index in [0.29, 0.717) is 50.0 Å². The number of benzene rings is 4. The first-order valence-electron chi connectivity index (χ1n) is 13.8. The van der Waals surface area contributed by atoms with Gasteiger partial charge in [-0.3, -0.25) is 9.59 Å². The molecule has 0 saturated carbocycles. The molecule has 4 aromatic carbocycles. The van der Waals surface area contributed by atoms with Crippen molar-refractivity contribution >= 4 is 51.3 Å². The second kappa shape index (κ2) is 12.6. The molecule has 0 atom stereocenters. The molecule has 0 aliphatic rings. The molecule has 1 N–H and O–H groups in total. The fourth-order valence-corrected chi connectivity index (χ4v) is 4.91. The SMILES string of the molecule is COc1cc(C=Nn2c(-c3cc4cc(Cl)ccc4o3)nc3ccccc3c2=O)cc(OC)c1OCC(=O)Nc1ccc(C)cc1. The average molecular weight is 623 g/mol. The van der Waals surface area contributed by atoms with Crippen LogP contribution in [-0.4, -0.2) is 42.6 Å².